The first-order valence-corrected chi connectivity index (χ1v) is 28.7. The highest BCUT2D eigenvalue weighted by Crippen LogP contribution is 2.38. The molecule has 0 bridgehead atoms. The number of phosphoric acid groups is 1. The molecule has 0 aromatic heterocycles. The monoisotopic (exact) mass is 1000 g/mol. The average molecular weight is 1000 g/mol. The zero-order valence-electron chi connectivity index (χ0n) is 45.4. The van der Waals surface area contributed by atoms with Gasteiger partial charge in [0.2, 0.25) is 5.91 Å². The van der Waals surface area contributed by atoms with Crippen molar-refractivity contribution in [2.24, 2.45) is 0 Å². The first-order valence-electron chi connectivity index (χ1n) is 27.2. The summed E-state index contributed by atoms with van der Waals surface area (Å²) in [6.45, 7) is 6.45. The molecule has 0 aromatic rings. The van der Waals surface area contributed by atoms with Crippen LogP contribution in [0.1, 0.15) is 175 Å². The Bertz CT molecular complexity index is 1720. The second-order valence-corrected chi connectivity index (χ2v) is 20.2. The lowest BCUT2D eigenvalue weighted by atomic mass is 10.1. The Morgan fingerprint density at radius 1 is 0.521 bits per heavy atom. The van der Waals surface area contributed by atoms with E-state index in [-0.39, 0.29) is 25.4 Å². The molecule has 0 aliphatic carbocycles. The number of hydrogen-bond acceptors (Lipinski definition) is 7. The van der Waals surface area contributed by atoms with E-state index in [0.29, 0.717) is 30.3 Å². The smallest absolute Gasteiger partial charge is 0.306 e. The molecule has 0 aliphatic rings. The van der Waals surface area contributed by atoms with Crippen LogP contribution in [0.2, 0.25) is 0 Å². The number of unbranched alkanes of at least 4 members (excludes halogenated alkanes) is 13. The maximum Gasteiger partial charge on any atom is 0.306 e. The van der Waals surface area contributed by atoms with Crippen LogP contribution in [0, 0.1) is 0 Å². The molecule has 71 heavy (non-hydrogen) atoms. The number of hydrogen-bond donors (Lipinski definition) is 1. The number of ether oxygens (including phenoxy) is 1. The lowest BCUT2D eigenvalue weighted by Gasteiger charge is -2.30. The first kappa shape index (κ1) is 66.9. The van der Waals surface area contributed by atoms with Crippen LogP contribution in [0.15, 0.2) is 146 Å². The Kier molecular flexibility index (Phi) is 46.6. The van der Waals surface area contributed by atoms with Crippen LogP contribution in [0.3, 0.4) is 0 Å². The van der Waals surface area contributed by atoms with Crippen LogP contribution < -0.4 is 10.2 Å². The molecule has 3 unspecified atom stereocenters. The van der Waals surface area contributed by atoms with Gasteiger partial charge in [0.05, 0.1) is 33.8 Å². The van der Waals surface area contributed by atoms with Gasteiger partial charge in [-0.1, -0.05) is 218 Å². The molecule has 0 aliphatic heterocycles. The highest BCUT2D eigenvalue weighted by atomic mass is 31.2. The standard InChI is InChI=1S/C61H99N2O7P/c1-7-10-13-16-19-22-25-27-29-31-33-35-38-41-44-47-50-53-60(64)62-58(57-69-71(66,67)68-56-55-63(4,5)6)59(52-49-46-43-40-37-24-21-18-15-12-9-3)70-61(65)54-51-48-45-42-39-36-34-32-30-28-26-23-20-17-14-11-8-2/h10-11,13-14,16,19-20,22-23,25,27-31,33-36,38,42,45,49,52,58-59H,7-9,12,15,17-18,21,24,26,32,37,39-41,43-44,46-48,50-51,53-57H2,1-6H3,(H-,62,64,66,67)/b13-10-,14-11-,19-16+,23-20-,25-22+,29-27-,30-28-,33-31+,36-34-,38-35+,45-42-,52-49+. The summed E-state index contributed by atoms with van der Waals surface area (Å²) in [4.78, 5) is 39.8. The Labute approximate surface area is 434 Å². The van der Waals surface area contributed by atoms with Crippen molar-refractivity contribution < 1.29 is 37.3 Å². The maximum absolute atomic E-state index is 13.4. The van der Waals surface area contributed by atoms with Gasteiger partial charge in [-0.2, -0.15) is 0 Å². The van der Waals surface area contributed by atoms with E-state index in [0.717, 1.165) is 77.0 Å². The van der Waals surface area contributed by atoms with Gasteiger partial charge in [-0.05, 0) is 89.5 Å². The van der Waals surface area contributed by atoms with Gasteiger partial charge in [0.1, 0.15) is 19.3 Å². The van der Waals surface area contributed by atoms with Gasteiger partial charge in [0.25, 0.3) is 7.82 Å². The Balaban J connectivity index is 5.58. The van der Waals surface area contributed by atoms with Gasteiger partial charge in [0, 0.05) is 12.8 Å². The molecule has 9 nitrogen and oxygen atoms in total. The molecule has 0 heterocycles. The molecule has 0 saturated carbocycles. The third kappa shape index (κ3) is 50.6. The van der Waals surface area contributed by atoms with Crippen LogP contribution in [-0.4, -0.2) is 69.4 Å². The summed E-state index contributed by atoms with van der Waals surface area (Å²) in [5, 5.41) is 2.97. The summed E-state index contributed by atoms with van der Waals surface area (Å²) in [5.41, 5.74) is 0. The van der Waals surface area contributed by atoms with E-state index in [1.807, 2.05) is 88.0 Å². The predicted molar refractivity (Wildman–Crippen MR) is 302 cm³/mol. The topological polar surface area (TPSA) is 114 Å². The van der Waals surface area contributed by atoms with Gasteiger partial charge in [0.15, 0.2) is 0 Å². The summed E-state index contributed by atoms with van der Waals surface area (Å²) in [6.07, 6.45) is 71.1. The number of rotatable bonds is 46. The number of carbonyl (C=O) groups excluding carboxylic acids is 2. The second kappa shape index (κ2) is 49.5. The molecule has 10 heteroatoms. The number of quaternary nitrogens is 1. The van der Waals surface area contributed by atoms with Gasteiger partial charge in [-0.25, -0.2) is 0 Å². The molecule has 0 spiro atoms. The minimum atomic E-state index is -4.73. The third-order valence-corrected chi connectivity index (χ3v) is 11.9. The number of likely N-dealkylation sites (N-methyl/N-ethyl adjacent to an activating group) is 1. The first-order chi connectivity index (χ1) is 34.4. The van der Waals surface area contributed by atoms with Crippen molar-refractivity contribution in [1.82, 2.24) is 5.32 Å². The maximum atomic E-state index is 13.4. The molecule has 0 rings (SSSR count). The second-order valence-electron chi connectivity index (χ2n) is 18.8. The third-order valence-electron chi connectivity index (χ3n) is 10.9. The number of esters is 1. The largest absolute Gasteiger partial charge is 0.756 e. The predicted octanol–water partition coefficient (Wildman–Crippen LogP) is 15.7. The molecular formula is C61H99N2O7P. The molecule has 0 radical (unpaired) electrons. The lowest BCUT2D eigenvalue weighted by molar-refractivity contribution is -0.870. The summed E-state index contributed by atoms with van der Waals surface area (Å²) in [6, 6.07) is -0.945. The molecule has 0 fully saturated rings. The van der Waals surface area contributed by atoms with Gasteiger partial charge < -0.3 is 28.5 Å². The normalized spacial score (nSPS) is 15.0. The Morgan fingerprint density at radius 2 is 0.986 bits per heavy atom. The molecule has 0 saturated heterocycles. The summed E-state index contributed by atoms with van der Waals surface area (Å²) >= 11 is 0. The number of nitrogens with one attached hydrogen (secondary N) is 1. The number of phosphoric ester groups is 1. The van der Waals surface area contributed by atoms with E-state index < -0.39 is 32.5 Å². The van der Waals surface area contributed by atoms with E-state index in [2.05, 4.69) is 99.0 Å². The average Bonchev–Trinajstić information content (AvgIpc) is 3.33. The lowest BCUT2D eigenvalue weighted by Crippen LogP contribution is -2.47. The van der Waals surface area contributed by atoms with Gasteiger partial charge >= 0.3 is 5.97 Å². The van der Waals surface area contributed by atoms with Crippen LogP contribution in [0.25, 0.3) is 0 Å². The molecule has 3 atom stereocenters. The highest BCUT2D eigenvalue weighted by Gasteiger charge is 2.27. The van der Waals surface area contributed by atoms with Crippen LogP contribution >= 0.6 is 7.82 Å². The van der Waals surface area contributed by atoms with Crippen LogP contribution in [0.5, 0.6) is 0 Å². The number of allylic oxidation sites excluding steroid dienone is 23. The van der Waals surface area contributed by atoms with Crippen molar-refractivity contribution in [1.29, 1.82) is 0 Å². The van der Waals surface area contributed by atoms with Crippen LogP contribution in [0.4, 0.5) is 0 Å². The molecule has 400 valence electrons. The minimum Gasteiger partial charge on any atom is -0.756 e. The van der Waals surface area contributed by atoms with E-state index in [9.17, 15) is 19.0 Å². The quantitative estimate of drug-likeness (QED) is 0.0161. The number of amides is 1. The van der Waals surface area contributed by atoms with Crippen molar-refractivity contribution >= 4 is 19.7 Å². The zero-order valence-corrected chi connectivity index (χ0v) is 46.2. The summed E-state index contributed by atoms with van der Waals surface area (Å²) < 4.78 is 30.1. The fourth-order valence-corrected chi connectivity index (χ4v) is 7.49. The number of nitrogens with zero attached hydrogens (tertiary/aromatic N) is 1. The van der Waals surface area contributed by atoms with Crippen molar-refractivity contribution in [3.8, 4) is 0 Å². The molecule has 0 aromatic carbocycles. The number of carbonyl (C=O) groups is 2. The Morgan fingerprint density at radius 3 is 1.54 bits per heavy atom. The van der Waals surface area contributed by atoms with Crippen molar-refractivity contribution in [2.75, 3.05) is 40.9 Å². The molecule has 1 amide bonds. The van der Waals surface area contributed by atoms with Gasteiger partial charge in [-0.3, -0.25) is 14.2 Å². The van der Waals surface area contributed by atoms with E-state index >= 15 is 0 Å². The summed E-state index contributed by atoms with van der Waals surface area (Å²) in [5.74, 6) is -0.678. The van der Waals surface area contributed by atoms with Gasteiger partial charge in [-0.15, -0.1) is 0 Å². The Hall–Kier alpha value is -4.11. The summed E-state index contributed by atoms with van der Waals surface area (Å²) in [7, 11) is 1.09. The van der Waals surface area contributed by atoms with E-state index in [4.69, 9.17) is 13.8 Å². The SMILES string of the molecule is CC\C=C/C=C/C=C/C=C\C=C\C=C\CCCCCC(=O)NC(COP(=O)([O-])OCC[N+](C)(C)C)C(/C=C/CCCCCCCCCCC)OC(=O)CCC/C=C\C/C=C\C/C=C\C/C=C\C/C=C\CC. The molecule has 1 N–H and O–H groups in total. The molecular weight excluding hydrogens is 904 g/mol. The minimum absolute atomic E-state index is 0.0496. The van der Waals surface area contributed by atoms with E-state index in [1.165, 1.54) is 44.9 Å². The van der Waals surface area contributed by atoms with Crippen molar-refractivity contribution in [2.45, 2.75) is 187 Å². The zero-order chi connectivity index (χ0) is 52.2. The fourth-order valence-electron chi connectivity index (χ4n) is 6.76. The van der Waals surface area contributed by atoms with Crippen LogP contribution in [-0.2, 0) is 27.9 Å². The highest BCUT2D eigenvalue weighted by molar-refractivity contribution is 7.45. The van der Waals surface area contributed by atoms with Crippen molar-refractivity contribution in [3.05, 3.63) is 146 Å². The van der Waals surface area contributed by atoms with E-state index in [1.54, 1.807) is 6.08 Å². The fraction of sp³-hybridized carbons (Fsp3) is 0.574. The van der Waals surface area contributed by atoms with Crippen molar-refractivity contribution in [3.63, 3.8) is 0 Å².